The van der Waals surface area contributed by atoms with Crippen LogP contribution in [-0.2, 0) is 14.3 Å². The second kappa shape index (κ2) is 4.82. The second-order valence-electron chi connectivity index (χ2n) is 4.27. The zero-order valence-electron chi connectivity index (χ0n) is 10.0. The van der Waals surface area contributed by atoms with Crippen molar-refractivity contribution in [1.82, 2.24) is 4.90 Å². The third-order valence-electron chi connectivity index (χ3n) is 3.21. The minimum atomic E-state index is -1.04. The number of rotatable bonds is 5. The molecule has 16 heavy (non-hydrogen) atoms. The maximum atomic E-state index is 11.5. The van der Waals surface area contributed by atoms with Crippen LogP contribution in [0.2, 0.25) is 0 Å². The lowest BCUT2D eigenvalue weighted by Crippen LogP contribution is -2.66. The highest BCUT2D eigenvalue weighted by molar-refractivity contribution is 5.87. The third kappa shape index (κ3) is 2.04. The summed E-state index contributed by atoms with van der Waals surface area (Å²) in [5.41, 5.74) is -1.04. The molecule has 0 aliphatic heterocycles. The van der Waals surface area contributed by atoms with E-state index in [0.29, 0.717) is 19.4 Å². The number of amides is 1. The summed E-state index contributed by atoms with van der Waals surface area (Å²) in [6, 6.07) is 0. The Kier molecular flexibility index (Phi) is 3.91. The molecular weight excluding hydrogens is 210 g/mol. The monoisotopic (exact) mass is 229 g/mol. The van der Waals surface area contributed by atoms with Crippen molar-refractivity contribution in [1.29, 1.82) is 0 Å². The van der Waals surface area contributed by atoms with Crippen LogP contribution in [0.3, 0.4) is 0 Å². The first-order valence-corrected chi connectivity index (χ1v) is 5.52. The molecule has 0 aromatic carbocycles. The summed E-state index contributed by atoms with van der Waals surface area (Å²) < 4.78 is 5.10. The number of methoxy groups -OCH3 is 1. The Morgan fingerprint density at radius 2 is 2.06 bits per heavy atom. The topological polar surface area (TPSA) is 66.8 Å². The molecule has 0 spiro atoms. The van der Waals surface area contributed by atoms with E-state index in [2.05, 4.69) is 0 Å². The highest BCUT2D eigenvalue weighted by Gasteiger charge is 2.55. The zero-order valence-corrected chi connectivity index (χ0v) is 10.0. The van der Waals surface area contributed by atoms with Gasteiger partial charge in [0.15, 0.2) is 0 Å². The van der Waals surface area contributed by atoms with Crippen LogP contribution in [0.15, 0.2) is 0 Å². The first kappa shape index (κ1) is 13.0. The Morgan fingerprint density at radius 1 is 1.50 bits per heavy atom. The number of carbonyl (C=O) groups excluding carboxylic acids is 1. The van der Waals surface area contributed by atoms with Crippen LogP contribution in [0.4, 0.5) is 0 Å². The smallest absolute Gasteiger partial charge is 0.329 e. The molecule has 5 nitrogen and oxygen atoms in total. The van der Waals surface area contributed by atoms with Gasteiger partial charge in [-0.15, -0.1) is 0 Å². The first-order valence-electron chi connectivity index (χ1n) is 5.52. The number of carboxylic acids is 1. The van der Waals surface area contributed by atoms with Crippen molar-refractivity contribution in [2.45, 2.75) is 44.8 Å². The van der Waals surface area contributed by atoms with E-state index in [0.717, 1.165) is 6.42 Å². The van der Waals surface area contributed by atoms with E-state index in [1.165, 1.54) is 11.8 Å². The minimum absolute atomic E-state index is 0.0465. The molecule has 1 saturated carbocycles. The van der Waals surface area contributed by atoms with Crippen LogP contribution >= 0.6 is 0 Å². The van der Waals surface area contributed by atoms with Crippen molar-refractivity contribution in [3.05, 3.63) is 0 Å². The zero-order chi connectivity index (χ0) is 12.3. The number of carbonyl (C=O) groups is 2. The predicted molar refractivity (Wildman–Crippen MR) is 58.1 cm³/mol. The number of hydrogen-bond donors (Lipinski definition) is 1. The molecule has 1 aliphatic rings. The van der Waals surface area contributed by atoms with Crippen LogP contribution in [0.1, 0.15) is 33.1 Å². The van der Waals surface area contributed by atoms with Gasteiger partial charge in [0.05, 0.1) is 6.10 Å². The largest absolute Gasteiger partial charge is 0.479 e. The van der Waals surface area contributed by atoms with Gasteiger partial charge in [-0.1, -0.05) is 6.92 Å². The summed E-state index contributed by atoms with van der Waals surface area (Å²) in [7, 11) is 1.56. The van der Waals surface area contributed by atoms with Gasteiger partial charge < -0.3 is 14.7 Å². The molecular formula is C11H19NO4. The summed E-state index contributed by atoms with van der Waals surface area (Å²) in [4.78, 5) is 24.3. The fourth-order valence-corrected chi connectivity index (χ4v) is 2.27. The average Bonchev–Trinajstić information content (AvgIpc) is 2.14. The van der Waals surface area contributed by atoms with E-state index in [1.54, 1.807) is 7.11 Å². The van der Waals surface area contributed by atoms with Crippen LogP contribution in [0.25, 0.3) is 0 Å². The molecule has 1 amide bonds. The van der Waals surface area contributed by atoms with Crippen LogP contribution in [-0.4, -0.2) is 47.2 Å². The first-order chi connectivity index (χ1) is 7.47. The maximum absolute atomic E-state index is 11.5. The Labute approximate surface area is 95.4 Å². The lowest BCUT2D eigenvalue weighted by molar-refractivity contribution is -0.176. The molecule has 1 N–H and O–H groups in total. The van der Waals surface area contributed by atoms with E-state index < -0.39 is 11.5 Å². The normalized spacial score (nSPS) is 28.3. The highest BCUT2D eigenvalue weighted by Crippen LogP contribution is 2.40. The summed E-state index contributed by atoms with van der Waals surface area (Å²) in [5.74, 6) is -1.11. The van der Waals surface area contributed by atoms with E-state index in [1.807, 2.05) is 6.92 Å². The lowest BCUT2D eigenvalue weighted by Gasteiger charge is -2.50. The fraction of sp³-hybridized carbons (Fsp3) is 0.818. The fourth-order valence-electron chi connectivity index (χ4n) is 2.27. The molecule has 92 valence electrons. The lowest BCUT2D eigenvalue weighted by atomic mass is 9.72. The quantitative estimate of drug-likeness (QED) is 0.759. The summed E-state index contributed by atoms with van der Waals surface area (Å²) >= 11 is 0. The van der Waals surface area contributed by atoms with E-state index in [9.17, 15) is 14.7 Å². The van der Waals surface area contributed by atoms with Gasteiger partial charge in [-0.05, 0) is 6.42 Å². The van der Waals surface area contributed by atoms with E-state index >= 15 is 0 Å². The molecule has 0 bridgehead atoms. The van der Waals surface area contributed by atoms with Crippen LogP contribution < -0.4 is 0 Å². The number of ether oxygens (including phenoxy) is 1. The molecule has 0 aromatic heterocycles. The van der Waals surface area contributed by atoms with Crippen LogP contribution in [0.5, 0.6) is 0 Å². The Bertz CT molecular complexity index is 284. The van der Waals surface area contributed by atoms with E-state index in [-0.39, 0.29) is 12.0 Å². The molecule has 5 heteroatoms. The molecule has 0 aromatic rings. The van der Waals surface area contributed by atoms with Crippen molar-refractivity contribution >= 4 is 11.9 Å². The SMILES string of the molecule is CCCN(C(C)=O)C1(C(=O)O)CC(OC)C1. The minimum Gasteiger partial charge on any atom is -0.479 e. The molecule has 1 aliphatic carbocycles. The molecule has 1 rings (SSSR count). The third-order valence-corrected chi connectivity index (χ3v) is 3.21. The molecule has 0 saturated heterocycles. The van der Waals surface area contributed by atoms with Gasteiger partial charge in [0.2, 0.25) is 5.91 Å². The number of carboxylic acid groups (broad SMARTS) is 1. The van der Waals surface area contributed by atoms with Crippen molar-refractivity contribution in [2.24, 2.45) is 0 Å². The van der Waals surface area contributed by atoms with Crippen molar-refractivity contribution in [2.75, 3.05) is 13.7 Å². The van der Waals surface area contributed by atoms with Gasteiger partial charge in [0, 0.05) is 33.4 Å². The van der Waals surface area contributed by atoms with Gasteiger partial charge in [0.25, 0.3) is 0 Å². The molecule has 1 fully saturated rings. The Balaban J connectivity index is 2.85. The van der Waals surface area contributed by atoms with Gasteiger partial charge in [-0.2, -0.15) is 0 Å². The summed E-state index contributed by atoms with van der Waals surface area (Å²) in [6.45, 7) is 3.83. The predicted octanol–water partition coefficient (Wildman–Crippen LogP) is 0.877. The standard InChI is InChI=1S/C11H19NO4/c1-4-5-12(8(2)13)11(10(14)15)6-9(7-11)16-3/h9H,4-7H2,1-3H3,(H,14,15). The van der Waals surface area contributed by atoms with Crippen molar-refractivity contribution in [3.8, 4) is 0 Å². The molecule has 0 radical (unpaired) electrons. The van der Waals surface area contributed by atoms with Gasteiger partial charge >= 0.3 is 5.97 Å². The number of hydrogen-bond acceptors (Lipinski definition) is 3. The maximum Gasteiger partial charge on any atom is 0.329 e. The Hall–Kier alpha value is -1.10. The van der Waals surface area contributed by atoms with Gasteiger partial charge in [-0.25, -0.2) is 4.79 Å². The Morgan fingerprint density at radius 3 is 2.38 bits per heavy atom. The summed E-state index contributed by atoms with van der Waals surface area (Å²) in [6.07, 6.45) is 1.48. The second-order valence-corrected chi connectivity index (χ2v) is 4.27. The average molecular weight is 229 g/mol. The van der Waals surface area contributed by atoms with Crippen molar-refractivity contribution in [3.63, 3.8) is 0 Å². The summed E-state index contributed by atoms with van der Waals surface area (Å²) in [5, 5.41) is 9.29. The number of aliphatic carboxylic acids is 1. The highest BCUT2D eigenvalue weighted by atomic mass is 16.5. The van der Waals surface area contributed by atoms with Crippen LogP contribution in [0, 0.1) is 0 Å². The molecule has 0 unspecified atom stereocenters. The van der Waals surface area contributed by atoms with Gasteiger partial charge in [0.1, 0.15) is 5.54 Å². The van der Waals surface area contributed by atoms with E-state index in [4.69, 9.17) is 4.74 Å². The van der Waals surface area contributed by atoms with Crippen molar-refractivity contribution < 1.29 is 19.4 Å². The number of nitrogens with zero attached hydrogens (tertiary/aromatic N) is 1. The van der Waals surface area contributed by atoms with Gasteiger partial charge in [-0.3, -0.25) is 4.79 Å². The molecule has 0 heterocycles. The molecule has 0 atom stereocenters.